The van der Waals surface area contributed by atoms with E-state index in [2.05, 4.69) is 23.5 Å². The molecular weight excluding hydrogens is 236 g/mol. The number of carbonyl (C=O) groups is 1. The maximum Gasteiger partial charge on any atom is 0.321 e. The third-order valence-electron chi connectivity index (χ3n) is 4.05. The van der Waals surface area contributed by atoms with E-state index in [9.17, 15) is 4.79 Å². The second kappa shape index (κ2) is 5.47. The molecule has 0 aromatic heterocycles. The molecule has 1 unspecified atom stereocenters. The number of hydrogen-bond acceptors (Lipinski definition) is 1. The summed E-state index contributed by atoms with van der Waals surface area (Å²) in [6.45, 7) is 1.59. The van der Waals surface area contributed by atoms with E-state index in [1.54, 1.807) is 0 Å². The first-order valence-electron chi connectivity index (χ1n) is 7.13. The summed E-state index contributed by atoms with van der Waals surface area (Å²) >= 11 is 0. The van der Waals surface area contributed by atoms with Crippen LogP contribution >= 0.6 is 0 Å². The van der Waals surface area contributed by atoms with Gasteiger partial charge in [-0.05, 0) is 43.2 Å². The van der Waals surface area contributed by atoms with Crippen molar-refractivity contribution in [3.8, 4) is 0 Å². The topological polar surface area (TPSA) is 32.3 Å². The second-order valence-electron chi connectivity index (χ2n) is 5.37. The number of hydrogen-bond donors (Lipinski definition) is 1. The zero-order valence-corrected chi connectivity index (χ0v) is 11.1. The van der Waals surface area contributed by atoms with E-state index < -0.39 is 0 Å². The van der Waals surface area contributed by atoms with Crippen LogP contribution in [0.15, 0.2) is 36.4 Å². The maximum atomic E-state index is 12.2. The van der Waals surface area contributed by atoms with E-state index in [0.29, 0.717) is 5.92 Å². The number of para-hydroxylation sites is 1. The molecule has 0 bridgehead atoms. The zero-order valence-electron chi connectivity index (χ0n) is 11.1. The number of amides is 2. The van der Waals surface area contributed by atoms with Crippen molar-refractivity contribution in [2.75, 3.05) is 18.0 Å². The Kier molecular flexibility index (Phi) is 3.53. The molecule has 0 saturated heterocycles. The monoisotopic (exact) mass is 256 g/mol. The predicted molar refractivity (Wildman–Crippen MR) is 77.4 cm³/mol. The Morgan fingerprint density at radius 2 is 2.21 bits per heavy atom. The maximum absolute atomic E-state index is 12.2. The van der Waals surface area contributed by atoms with Crippen molar-refractivity contribution in [1.29, 1.82) is 0 Å². The van der Waals surface area contributed by atoms with Crippen LogP contribution < -0.4 is 10.2 Å². The fourth-order valence-electron chi connectivity index (χ4n) is 2.92. The quantitative estimate of drug-likeness (QED) is 0.810. The number of allylic oxidation sites excluding steroid dienone is 2. The molecule has 1 heterocycles. The molecule has 1 aromatic rings. The third kappa shape index (κ3) is 2.65. The Bertz CT molecular complexity index is 495. The SMILES string of the molecule is O=C(NCC1CC=CCC1)N1CCc2ccccc21. The fraction of sp³-hybridized carbons (Fsp3) is 0.438. The molecule has 1 aliphatic carbocycles. The van der Waals surface area contributed by atoms with Gasteiger partial charge in [0.15, 0.2) is 0 Å². The summed E-state index contributed by atoms with van der Waals surface area (Å²) in [7, 11) is 0. The molecule has 1 atom stereocenters. The van der Waals surface area contributed by atoms with E-state index >= 15 is 0 Å². The predicted octanol–water partition coefficient (Wildman–Crippen LogP) is 3.12. The average molecular weight is 256 g/mol. The van der Waals surface area contributed by atoms with E-state index in [-0.39, 0.29) is 6.03 Å². The minimum atomic E-state index is 0.0551. The molecule has 3 nitrogen and oxygen atoms in total. The third-order valence-corrected chi connectivity index (χ3v) is 4.05. The first-order chi connectivity index (χ1) is 9.34. The van der Waals surface area contributed by atoms with Crippen LogP contribution in [0.25, 0.3) is 0 Å². The Labute approximate surface area is 114 Å². The molecule has 0 radical (unpaired) electrons. The van der Waals surface area contributed by atoms with Crippen molar-refractivity contribution in [3.05, 3.63) is 42.0 Å². The molecule has 3 rings (SSSR count). The van der Waals surface area contributed by atoms with Gasteiger partial charge in [-0.25, -0.2) is 4.79 Å². The first kappa shape index (κ1) is 12.3. The Morgan fingerprint density at radius 3 is 3.05 bits per heavy atom. The smallest absolute Gasteiger partial charge is 0.321 e. The molecule has 0 fully saturated rings. The van der Waals surface area contributed by atoms with Crippen molar-refractivity contribution >= 4 is 11.7 Å². The molecule has 100 valence electrons. The van der Waals surface area contributed by atoms with Crippen molar-refractivity contribution in [1.82, 2.24) is 5.32 Å². The molecule has 1 aliphatic heterocycles. The van der Waals surface area contributed by atoms with Gasteiger partial charge in [-0.3, -0.25) is 4.90 Å². The molecule has 3 heteroatoms. The van der Waals surface area contributed by atoms with E-state index in [1.165, 1.54) is 12.0 Å². The lowest BCUT2D eigenvalue weighted by molar-refractivity contribution is 0.244. The fourth-order valence-corrected chi connectivity index (χ4v) is 2.92. The van der Waals surface area contributed by atoms with Crippen molar-refractivity contribution in [2.45, 2.75) is 25.7 Å². The van der Waals surface area contributed by atoms with Crippen LogP contribution in [0.2, 0.25) is 0 Å². The number of urea groups is 1. The van der Waals surface area contributed by atoms with Crippen LogP contribution in [0.3, 0.4) is 0 Å². The van der Waals surface area contributed by atoms with Gasteiger partial charge in [0.1, 0.15) is 0 Å². The number of fused-ring (bicyclic) bond motifs is 1. The van der Waals surface area contributed by atoms with Crippen molar-refractivity contribution in [2.24, 2.45) is 5.92 Å². The standard InChI is InChI=1S/C16H20N2O/c19-16(17-12-13-6-2-1-3-7-13)18-11-10-14-8-4-5-9-15(14)18/h1-2,4-5,8-9,13H,3,6-7,10-12H2,(H,17,19). The summed E-state index contributed by atoms with van der Waals surface area (Å²) in [6, 6.07) is 8.23. The van der Waals surface area contributed by atoms with Crippen LogP contribution in [-0.2, 0) is 6.42 Å². The minimum Gasteiger partial charge on any atom is -0.337 e. The molecule has 2 aliphatic rings. The highest BCUT2D eigenvalue weighted by molar-refractivity contribution is 5.94. The summed E-state index contributed by atoms with van der Waals surface area (Å²) in [5.41, 5.74) is 2.35. The van der Waals surface area contributed by atoms with Gasteiger partial charge in [-0.2, -0.15) is 0 Å². The molecule has 1 N–H and O–H groups in total. The Morgan fingerprint density at radius 1 is 1.32 bits per heavy atom. The van der Waals surface area contributed by atoms with Gasteiger partial charge < -0.3 is 5.32 Å². The molecule has 0 spiro atoms. The summed E-state index contributed by atoms with van der Waals surface area (Å²) in [5.74, 6) is 0.604. The summed E-state index contributed by atoms with van der Waals surface area (Å²) in [6.07, 6.45) is 8.85. The highest BCUT2D eigenvalue weighted by Gasteiger charge is 2.24. The van der Waals surface area contributed by atoms with Gasteiger partial charge in [-0.15, -0.1) is 0 Å². The largest absolute Gasteiger partial charge is 0.337 e. The van der Waals surface area contributed by atoms with Crippen LogP contribution in [0.4, 0.5) is 10.5 Å². The van der Waals surface area contributed by atoms with Crippen LogP contribution in [0, 0.1) is 5.92 Å². The molecule has 19 heavy (non-hydrogen) atoms. The lowest BCUT2D eigenvalue weighted by Crippen LogP contribution is -2.41. The van der Waals surface area contributed by atoms with Crippen molar-refractivity contribution < 1.29 is 4.79 Å². The average Bonchev–Trinajstić information content (AvgIpc) is 2.90. The number of anilines is 1. The molecule has 0 saturated carbocycles. The molecular formula is C16H20N2O. The van der Waals surface area contributed by atoms with Gasteiger partial charge in [0.05, 0.1) is 0 Å². The first-order valence-corrected chi connectivity index (χ1v) is 7.13. The number of nitrogens with zero attached hydrogens (tertiary/aromatic N) is 1. The minimum absolute atomic E-state index is 0.0551. The highest BCUT2D eigenvalue weighted by atomic mass is 16.2. The number of nitrogens with one attached hydrogen (secondary N) is 1. The van der Waals surface area contributed by atoms with Gasteiger partial charge in [0.25, 0.3) is 0 Å². The van der Waals surface area contributed by atoms with Crippen LogP contribution in [0.5, 0.6) is 0 Å². The Hall–Kier alpha value is -1.77. The summed E-state index contributed by atoms with van der Waals surface area (Å²) in [4.78, 5) is 14.1. The zero-order chi connectivity index (χ0) is 13.1. The van der Waals surface area contributed by atoms with E-state index in [4.69, 9.17) is 0 Å². The second-order valence-corrected chi connectivity index (χ2v) is 5.37. The number of carbonyl (C=O) groups excluding carboxylic acids is 1. The van der Waals surface area contributed by atoms with Gasteiger partial charge in [0.2, 0.25) is 0 Å². The Balaban J connectivity index is 1.58. The lowest BCUT2D eigenvalue weighted by Gasteiger charge is -2.22. The number of rotatable bonds is 2. The van der Waals surface area contributed by atoms with E-state index in [0.717, 1.165) is 38.0 Å². The summed E-state index contributed by atoms with van der Waals surface area (Å²) < 4.78 is 0. The van der Waals surface area contributed by atoms with Crippen LogP contribution in [0.1, 0.15) is 24.8 Å². The normalized spacial score (nSPS) is 21.3. The molecule has 2 amide bonds. The van der Waals surface area contributed by atoms with Crippen LogP contribution in [-0.4, -0.2) is 19.1 Å². The highest BCUT2D eigenvalue weighted by Crippen LogP contribution is 2.27. The molecule has 1 aromatic carbocycles. The van der Waals surface area contributed by atoms with Gasteiger partial charge >= 0.3 is 6.03 Å². The summed E-state index contributed by atoms with van der Waals surface area (Å²) in [5, 5.41) is 3.09. The van der Waals surface area contributed by atoms with Gasteiger partial charge in [0, 0.05) is 18.8 Å². The number of benzene rings is 1. The van der Waals surface area contributed by atoms with Crippen molar-refractivity contribution in [3.63, 3.8) is 0 Å². The van der Waals surface area contributed by atoms with Gasteiger partial charge in [-0.1, -0.05) is 30.4 Å². The van der Waals surface area contributed by atoms with E-state index in [1.807, 2.05) is 23.1 Å². The lowest BCUT2D eigenvalue weighted by atomic mass is 9.94.